The van der Waals surface area contributed by atoms with Crippen LogP contribution in [0, 0.1) is 0 Å². The summed E-state index contributed by atoms with van der Waals surface area (Å²) in [5.74, 6) is 0.811. The number of esters is 1. The van der Waals surface area contributed by atoms with Crippen LogP contribution in [-0.2, 0) is 9.53 Å². The van der Waals surface area contributed by atoms with Crippen molar-refractivity contribution in [2.75, 3.05) is 14.2 Å². The molecule has 15 heavy (non-hydrogen) atoms. The number of rotatable bonds is 4. The molecule has 0 aliphatic rings. The van der Waals surface area contributed by atoms with Gasteiger partial charge in [-0.1, -0.05) is 19.1 Å². The van der Waals surface area contributed by atoms with Gasteiger partial charge < -0.3 is 9.47 Å². The third-order valence-electron chi connectivity index (χ3n) is 2.39. The average molecular weight is 208 g/mol. The van der Waals surface area contributed by atoms with Gasteiger partial charge in [-0.3, -0.25) is 4.79 Å². The summed E-state index contributed by atoms with van der Waals surface area (Å²) < 4.78 is 9.68. The summed E-state index contributed by atoms with van der Waals surface area (Å²) in [6.45, 7) is 2.00. The number of hydrogen-bond donors (Lipinski definition) is 0. The van der Waals surface area contributed by atoms with Crippen LogP contribution in [0.4, 0.5) is 0 Å². The molecule has 0 unspecified atom stereocenters. The first-order valence-electron chi connectivity index (χ1n) is 4.88. The van der Waals surface area contributed by atoms with Crippen LogP contribution in [0.2, 0.25) is 0 Å². The Labute approximate surface area is 90.0 Å². The number of benzene rings is 1. The minimum absolute atomic E-state index is 0.170. The van der Waals surface area contributed by atoms with Gasteiger partial charge in [0.2, 0.25) is 0 Å². The van der Waals surface area contributed by atoms with E-state index in [1.807, 2.05) is 31.2 Å². The molecule has 0 heterocycles. The lowest BCUT2D eigenvalue weighted by Crippen LogP contribution is -2.05. The van der Waals surface area contributed by atoms with Crippen LogP contribution in [0.25, 0.3) is 0 Å². The molecule has 0 spiro atoms. The van der Waals surface area contributed by atoms with Crippen LogP contribution in [0.1, 0.15) is 24.8 Å². The summed E-state index contributed by atoms with van der Waals surface area (Å²) in [6.07, 6.45) is 0.406. The number of carbonyl (C=O) groups excluding carboxylic acids is 1. The van der Waals surface area contributed by atoms with Gasteiger partial charge in [0.1, 0.15) is 5.75 Å². The van der Waals surface area contributed by atoms with E-state index in [-0.39, 0.29) is 11.9 Å². The van der Waals surface area contributed by atoms with Crippen LogP contribution in [0.15, 0.2) is 24.3 Å². The molecule has 1 atom stereocenters. The van der Waals surface area contributed by atoms with Gasteiger partial charge in [0, 0.05) is 0 Å². The van der Waals surface area contributed by atoms with Crippen molar-refractivity contribution < 1.29 is 14.3 Å². The maximum atomic E-state index is 11.1. The van der Waals surface area contributed by atoms with Crippen molar-refractivity contribution >= 4 is 5.97 Å². The van der Waals surface area contributed by atoms with E-state index in [2.05, 4.69) is 4.74 Å². The zero-order valence-corrected chi connectivity index (χ0v) is 9.32. The highest BCUT2D eigenvalue weighted by molar-refractivity contribution is 5.70. The van der Waals surface area contributed by atoms with E-state index in [0.717, 1.165) is 11.3 Å². The van der Waals surface area contributed by atoms with Gasteiger partial charge in [-0.15, -0.1) is 0 Å². The average Bonchev–Trinajstić information content (AvgIpc) is 2.29. The zero-order valence-electron chi connectivity index (χ0n) is 9.32. The summed E-state index contributed by atoms with van der Waals surface area (Å²) in [5.41, 5.74) is 1.11. The molecule has 82 valence electrons. The summed E-state index contributed by atoms with van der Waals surface area (Å²) in [6, 6.07) is 7.71. The lowest BCUT2D eigenvalue weighted by atomic mass is 9.98. The molecule has 0 saturated heterocycles. The van der Waals surface area contributed by atoms with E-state index in [1.165, 1.54) is 7.11 Å². The number of methoxy groups -OCH3 is 2. The highest BCUT2D eigenvalue weighted by Gasteiger charge is 2.11. The normalized spacial score (nSPS) is 11.9. The highest BCUT2D eigenvalue weighted by Crippen LogP contribution is 2.21. The van der Waals surface area contributed by atoms with Crippen LogP contribution < -0.4 is 4.74 Å². The molecule has 0 amide bonds. The molecule has 1 rings (SSSR count). The summed E-state index contributed by atoms with van der Waals surface area (Å²) >= 11 is 0. The zero-order chi connectivity index (χ0) is 11.3. The minimum atomic E-state index is -0.182. The SMILES string of the molecule is COC(=O)C[C@H](C)c1ccc(OC)cc1. The topological polar surface area (TPSA) is 35.5 Å². The van der Waals surface area contributed by atoms with Gasteiger partial charge in [-0.25, -0.2) is 0 Å². The second kappa shape index (κ2) is 5.39. The lowest BCUT2D eigenvalue weighted by Gasteiger charge is -2.10. The maximum Gasteiger partial charge on any atom is 0.306 e. The molecule has 1 aromatic carbocycles. The summed E-state index contributed by atoms with van der Waals surface area (Å²) in [4.78, 5) is 11.1. The molecular weight excluding hydrogens is 192 g/mol. The third kappa shape index (κ3) is 3.27. The van der Waals surface area contributed by atoms with Gasteiger partial charge in [0.15, 0.2) is 0 Å². The van der Waals surface area contributed by atoms with Crippen molar-refractivity contribution in [3.05, 3.63) is 29.8 Å². The fraction of sp³-hybridized carbons (Fsp3) is 0.417. The Morgan fingerprint density at radius 3 is 2.33 bits per heavy atom. The number of carbonyl (C=O) groups is 1. The Morgan fingerprint density at radius 2 is 1.87 bits per heavy atom. The first kappa shape index (κ1) is 11.6. The van der Waals surface area contributed by atoms with E-state index < -0.39 is 0 Å². The van der Waals surface area contributed by atoms with Crippen molar-refractivity contribution in [1.82, 2.24) is 0 Å². The predicted octanol–water partition coefficient (Wildman–Crippen LogP) is 2.36. The molecule has 0 aromatic heterocycles. The van der Waals surface area contributed by atoms with Gasteiger partial charge in [0.25, 0.3) is 0 Å². The van der Waals surface area contributed by atoms with E-state index in [1.54, 1.807) is 7.11 Å². The minimum Gasteiger partial charge on any atom is -0.497 e. The van der Waals surface area contributed by atoms with Crippen molar-refractivity contribution in [3.63, 3.8) is 0 Å². The monoisotopic (exact) mass is 208 g/mol. The van der Waals surface area contributed by atoms with Crippen molar-refractivity contribution in [1.29, 1.82) is 0 Å². The number of ether oxygens (including phenoxy) is 2. The summed E-state index contributed by atoms with van der Waals surface area (Å²) in [5, 5.41) is 0. The number of hydrogen-bond acceptors (Lipinski definition) is 3. The molecular formula is C12H16O3. The van der Waals surface area contributed by atoms with E-state index in [4.69, 9.17) is 4.74 Å². The Kier molecular flexibility index (Phi) is 4.16. The molecule has 0 fully saturated rings. The van der Waals surface area contributed by atoms with E-state index in [9.17, 15) is 4.79 Å². The first-order valence-corrected chi connectivity index (χ1v) is 4.88. The van der Waals surface area contributed by atoms with Crippen molar-refractivity contribution in [3.8, 4) is 5.75 Å². The molecule has 0 N–H and O–H groups in total. The smallest absolute Gasteiger partial charge is 0.306 e. The lowest BCUT2D eigenvalue weighted by molar-refractivity contribution is -0.140. The van der Waals surface area contributed by atoms with Crippen LogP contribution in [0.5, 0.6) is 5.75 Å². The molecule has 0 radical (unpaired) electrons. The first-order chi connectivity index (χ1) is 7.17. The molecule has 0 aliphatic heterocycles. The second-order valence-corrected chi connectivity index (χ2v) is 3.45. The van der Waals surface area contributed by atoms with E-state index >= 15 is 0 Å². The van der Waals surface area contributed by atoms with Crippen LogP contribution >= 0.6 is 0 Å². The summed E-state index contributed by atoms with van der Waals surface area (Å²) in [7, 11) is 3.04. The molecule has 1 aromatic rings. The standard InChI is InChI=1S/C12H16O3/c1-9(8-12(13)15-3)10-4-6-11(14-2)7-5-10/h4-7,9H,8H2,1-3H3/t9-/m0/s1. The molecule has 3 heteroatoms. The molecule has 3 nitrogen and oxygen atoms in total. The Bertz CT molecular complexity index is 316. The highest BCUT2D eigenvalue weighted by atomic mass is 16.5. The Hall–Kier alpha value is -1.51. The van der Waals surface area contributed by atoms with Gasteiger partial charge in [0.05, 0.1) is 20.6 Å². The second-order valence-electron chi connectivity index (χ2n) is 3.45. The Balaban J connectivity index is 2.65. The van der Waals surface area contributed by atoms with Crippen LogP contribution in [-0.4, -0.2) is 20.2 Å². The maximum absolute atomic E-state index is 11.1. The molecule has 0 bridgehead atoms. The molecule has 0 aliphatic carbocycles. The van der Waals surface area contributed by atoms with Gasteiger partial charge in [-0.05, 0) is 23.6 Å². The fourth-order valence-corrected chi connectivity index (χ4v) is 1.38. The largest absolute Gasteiger partial charge is 0.497 e. The van der Waals surface area contributed by atoms with Crippen LogP contribution in [0.3, 0.4) is 0 Å². The quantitative estimate of drug-likeness (QED) is 0.712. The third-order valence-corrected chi connectivity index (χ3v) is 2.39. The van der Waals surface area contributed by atoms with Gasteiger partial charge in [-0.2, -0.15) is 0 Å². The van der Waals surface area contributed by atoms with E-state index in [0.29, 0.717) is 6.42 Å². The fourth-order valence-electron chi connectivity index (χ4n) is 1.38. The van der Waals surface area contributed by atoms with Crippen molar-refractivity contribution in [2.45, 2.75) is 19.3 Å². The Morgan fingerprint density at radius 1 is 1.27 bits per heavy atom. The van der Waals surface area contributed by atoms with Gasteiger partial charge >= 0.3 is 5.97 Å². The van der Waals surface area contributed by atoms with Crippen molar-refractivity contribution in [2.24, 2.45) is 0 Å². The predicted molar refractivity (Wildman–Crippen MR) is 58.0 cm³/mol. The molecule has 0 saturated carbocycles.